The van der Waals surface area contributed by atoms with Gasteiger partial charge in [-0.3, -0.25) is 5.41 Å². The smallest absolute Gasteiger partial charge is 0.239 e. The minimum atomic E-state index is 0.165. The van der Waals surface area contributed by atoms with Crippen molar-refractivity contribution < 1.29 is 0 Å². The van der Waals surface area contributed by atoms with Gasteiger partial charge in [0.15, 0.2) is 0 Å². The van der Waals surface area contributed by atoms with Crippen LogP contribution in [0.25, 0.3) is 32.6 Å². The van der Waals surface area contributed by atoms with Gasteiger partial charge in [-0.2, -0.15) is 5.10 Å². The van der Waals surface area contributed by atoms with Gasteiger partial charge < -0.3 is 0 Å². The Morgan fingerprint density at radius 3 is 1.90 bits per heavy atom. The van der Waals surface area contributed by atoms with Gasteiger partial charge in [0.25, 0.3) is 0 Å². The maximum atomic E-state index is 7.87. The first-order chi connectivity index (χ1) is 9.75. The molecule has 0 atom stereocenters. The van der Waals surface area contributed by atoms with Crippen LogP contribution in [0, 0.1) is 5.41 Å². The van der Waals surface area contributed by atoms with Gasteiger partial charge in [0.05, 0.1) is 0 Å². The monoisotopic (exact) mass is 260 g/mol. The summed E-state index contributed by atoms with van der Waals surface area (Å²) in [4.78, 5) is 4.42. The third-order valence-electron chi connectivity index (χ3n) is 3.65. The number of fused-ring (bicyclic) bond motifs is 6. The third-order valence-corrected chi connectivity index (χ3v) is 3.65. The Labute approximate surface area is 114 Å². The lowest BCUT2D eigenvalue weighted by Crippen LogP contribution is -2.22. The second kappa shape index (κ2) is 3.87. The number of hydrogen-bond acceptors (Lipinski definition) is 3. The Balaban J connectivity index is 2.45. The van der Waals surface area contributed by atoms with Crippen LogP contribution in [0.1, 0.15) is 0 Å². The Bertz CT molecular complexity index is 1030. The number of aryl methyl sites for hydroxylation is 1. The zero-order valence-corrected chi connectivity index (χ0v) is 11.0. The SMILES string of the molecule is Cn1nc2c3ccccc3c3ccccc3c2nc1=N. The molecule has 0 spiro atoms. The van der Waals surface area contributed by atoms with Gasteiger partial charge >= 0.3 is 0 Å². The summed E-state index contributed by atoms with van der Waals surface area (Å²) in [6, 6.07) is 16.4. The molecular weight excluding hydrogens is 248 g/mol. The number of hydrogen-bond donors (Lipinski definition) is 1. The van der Waals surface area contributed by atoms with Crippen LogP contribution in [-0.2, 0) is 7.05 Å². The number of rotatable bonds is 0. The highest BCUT2D eigenvalue weighted by molar-refractivity contribution is 6.22. The highest BCUT2D eigenvalue weighted by atomic mass is 15.3. The van der Waals surface area contributed by atoms with Crippen molar-refractivity contribution in [2.24, 2.45) is 7.05 Å². The van der Waals surface area contributed by atoms with E-state index in [9.17, 15) is 0 Å². The van der Waals surface area contributed by atoms with Gasteiger partial charge in [-0.15, -0.1) is 0 Å². The van der Waals surface area contributed by atoms with Gasteiger partial charge in [0.2, 0.25) is 5.62 Å². The molecule has 20 heavy (non-hydrogen) atoms. The molecule has 4 aromatic rings. The average Bonchev–Trinajstić information content (AvgIpc) is 2.49. The second-order valence-electron chi connectivity index (χ2n) is 4.85. The van der Waals surface area contributed by atoms with Crippen molar-refractivity contribution in [3.8, 4) is 0 Å². The molecule has 1 heterocycles. The number of aromatic nitrogens is 3. The van der Waals surface area contributed by atoms with Gasteiger partial charge in [-0.05, 0) is 10.8 Å². The fraction of sp³-hybridized carbons (Fsp3) is 0.0625. The van der Waals surface area contributed by atoms with Gasteiger partial charge in [0.1, 0.15) is 11.0 Å². The molecule has 0 aliphatic heterocycles. The first-order valence-corrected chi connectivity index (χ1v) is 6.45. The minimum Gasteiger partial charge on any atom is -0.266 e. The van der Waals surface area contributed by atoms with E-state index in [1.165, 1.54) is 10.1 Å². The number of nitrogens with one attached hydrogen (secondary N) is 1. The molecule has 0 saturated carbocycles. The maximum absolute atomic E-state index is 7.87. The van der Waals surface area contributed by atoms with Crippen LogP contribution in [0.5, 0.6) is 0 Å². The molecule has 3 aromatic carbocycles. The molecule has 1 N–H and O–H groups in total. The summed E-state index contributed by atoms with van der Waals surface area (Å²) >= 11 is 0. The zero-order chi connectivity index (χ0) is 13.7. The Hall–Kier alpha value is -2.75. The molecule has 4 rings (SSSR count). The van der Waals surface area contributed by atoms with Crippen LogP contribution in [0.3, 0.4) is 0 Å². The lowest BCUT2D eigenvalue weighted by Gasteiger charge is -2.09. The molecule has 4 heteroatoms. The van der Waals surface area contributed by atoms with Crippen LogP contribution in [0.4, 0.5) is 0 Å². The average molecular weight is 260 g/mol. The summed E-state index contributed by atoms with van der Waals surface area (Å²) in [5.41, 5.74) is 1.80. The van der Waals surface area contributed by atoms with Gasteiger partial charge in [0, 0.05) is 17.8 Å². The van der Waals surface area contributed by atoms with Crippen molar-refractivity contribution in [1.29, 1.82) is 5.41 Å². The van der Waals surface area contributed by atoms with Gasteiger partial charge in [-0.1, -0.05) is 48.5 Å². The van der Waals surface area contributed by atoms with Crippen LogP contribution in [0.15, 0.2) is 48.5 Å². The third kappa shape index (κ3) is 1.39. The molecule has 0 saturated heterocycles. The molecule has 1 aromatic heterocycles. The Kier molecular flexibility index (Phi) is 2.15. The number of benzene rings is 3. The summed E-state index contributed by atoms with van der Waals surface area (Å²) in [5, 5.41) is 16.8. The summed E-state index contributed by atoms with van der Waals surface area (Å²) < 4.78 is 1.50. The van der Waals surface area contributed by atoms with E-state index < -0.39 is 0 Å². The standard InChI is InChI=1S/C16H12N4/c1-20-16(17)18-14-12-8-4-2-6-10(12)11-7-3-5-9-13(11)15(14)19-20/h2-9,17H,1H3. The van der Waals surface area contributed by atoms with Crippen LogP contribution in [0.2, 0.25) is 0 Å². The molecule has 0 radical (unpaired) electrons. The normalized spacial score (nSPS) is 11.4. The first kappa shape index (κ1) is 11.1. The van der Waals surface area contributed by atoms with E-state index in [1.807, 2.05) is 30.3 Å². The van der Waals surface area contributed by atoms with Crippen molar-refractivity contribution in [2.45, 2.75) is 0 Å². The first-order valence-electron chi connectivity index (χ1n) is 6.45. The molecule has 96 valence electrons. The Morgan fingerprint density at radius 1 is 0.800 bits per heavy atom. The number of nitrogens with zero attached hydrogens (tertiary/aromatic N) is 3. The topological polar surface area (TPSA) is 54.6 Å². The summed E-state index contributed by atoms with van der Waals surface area (Å²) in [7, 11) is 1.75. The van der Waals surface area contributed by atoms with Crippen LogP contribution in [-0.4, -0.2) is 14.8 Å². The predicted molar refractivity (Wildman–Crippen MR) is 79.4 cm³/mol. The van der Waals surface area contributed by atoms with E-state index in [-0.39, 0.29) is 5.62 Å². The van der Waals surface area contributed by atoms with E-state index in [4.69, 9.17) is 5.41 Å². The highest BCUT2D eigenvalue weighted by Gasteiger charge is 2.10. The molecule has 0 fully saturated rings. The highest BCUT2D eigenvalue weighted by Crippen LogP contribution is 2.31. The van der Waals surface area contributed by atoms with E-state index in [1.54, 1.807) is 7.05 Å². The minimum absolute atomic E-state index is 0.165. The molecule has 4 nitrogen and oxygen atoms in total. The summed E-state index contributed by atoms with van der Waals surface area (Å²) in [6.07, 6.45) is 0. The quantitative estimate of drug-likeness (QED) is 0.494. The van der Waals surface area contributed by atoms with Crippen molar-refractivity contribution >= 4 is 32.6 Å². The molecule has 0 amide bonds. The fourth-order valence-electron chi connectivity index (χ4n) is 2.69. The van der Waals surface area contributed by atoms with E-state index in [0.717, 1.165) is 27.2 Å². The largest absolute Gasteiger partial charge is 0.266 e. The van der Waals surface area contributed by atoms with Crippen molar-refractivity contribution in [3.05, 3.63) is 54.1 Å². The van der Waals surface area contributed by atoms with Gasteiger partial charge in [-0.25, -0.2) is 9.67 Å². The molecule has 0 aliphatic carbocycles. The summed E-state index contributed by atoms with van der Waals surface area (Å²) in [5.74, 6) is 0. The van der Waals surface area contributed by atoms with E-state index in [2.05, 4.69) is 28.3 Å². The van der Waals surface area contributed by atoms with E-state index >= 15 is 0 Å². The maximum Gasteiger partial charge on any atom is 0.239 e. The predicted octanol–water partition coefficient (Wildman–Crippen LogP) is 2.75. The molecule has 0 unspecified atom stereocenters. The lowest BCUT2D eigenvalue weighted by molar-refractivity contribution is 0.667. The van der Waals surface area contributed by atoms with Crippen LogP contribution < -0.4 is 5.62 Å². The molecule has 0 bridgehead atoms. The zero-order valence-electron chi connectivity index (χ0n) is 11.0. The fourth-order valence-corrected chi connectivity index (χ4v) is 2.69. The van der Waals surface area contributed by atoms with E-state index in [0.29, 0.717) is 0 Å². The van der Waals surface area contributed by atoms with Crippen molar-refractivity contribution in [2.75, 3.05) is 0 Å². The molecular formula is C16H12N4. The van der Waals surface area contributed by atoms with Crippen LogP contribution >= 0.6 is 0 Å². The molecule has 0 aliphatic rings. The lowest BCUT2D eigenvalue weighted by atomic mass is 10.00. The van der Waals surface area contributed by atoms with Crippen molar-refractivity contribution in [1.82, 2.24) is 14.8 Å². The van der Waals surface area contributed by atoms with Crippen molar-refractivity contribution in [3.63, 3.8) is 0 Å². The Morgan fingerprint density at radius 2 is 1.30 bits per heavy atom. The second-order valence-corrected chi connectivity index (χ2v) is 4.85. The summed E-state index contributed by atoms with van der Waals surface area (Å²) in [6.45, 7) is 0.